The third kappa shape index (κ3) is 33.5. The Hall–Kier alpha value is -2.54. The molecule has 2 heterocycles. The van der Waals surface area contributed by atoms with Crippen LogP contribution < -0.4 is 0 Å². The van der Waals surface area contributed by atoms with Gasteiger partial charge in [-0.2, -0.15) is 0 Å². The van der Waals surface area contributed by atoms with Crippen LogP contribution in [0, 0.1) is 0 Å². The van der Waals surface area contributed by atoms with E-state index in [4.69, 9.17) is 28.4 Å². The van der Waals surface area contributed by atoms with Crippen molar-refractivity contribution in [3.8, 4) is 0 Å². The molecule has 15 heteroatoms. The van der Waals surface area contributed by atoms with E-state index in [2.05, 4.69) is 62.5 Å². The van der Waals surface area contributed by atoms with E-state index in [9.17, 15) is 45.3 Å². The summed E-state index contributed by atoms with van der Waals surface area (Å²) in [4.78, 5) is 25.9. The summed E-state index contributed by atoms with van der Waals surface area (Å²) in [6, 6.07) is 0. The molecule has 0 amide bonds. The van der Waals surface area contributed by atoms with Gasteiger partial charge in [0.05, 0.1) is 19.8 Å². The maximum atomic E-state index is 13.1. The molecule has 0 aromatic heterocycles. The number of allylic oxidation sites excluding steroid dienone is 8. The van der Waals surface area contributed by atoms with Gasteiger partial charge in [-0.1, -0.05) is 204 Å². The van der Waals surface area contributed by atoms with Crippen LogP contribution in [-0.2, 0) is 38.0 Å². The van der Waals surface area contributed by atoms with Gasteiger partial charge in [-0.3, -0.25) is 9.59 Å². The number of unbranched alkanes of at least 4 members (excludes halogenated alkanes) is 25. The molecule has 2 rings (SSSR count). The molecule has 0 aromatic rings. The molecule has 75 heavy (non-hydrogen) atoms. The zero-order valence-corrected chi connectivity index (χ0v) is 46.5. The van der Waals surface area contributed by atoms with Crippen LogP contribution in [0.15, 0.2) is 48.6 Å². The molecular formula is C60H106O15. The molecule has 0 spiro atoms. The summed E-state index contributed by atoms with van der Waals surface area (Å²) in [5.74, 6) is -0.953. The first-order chi connectivity index (χ1) is 36.5. The van der Waals surface area contributed by atoms with E-state index in [0.29, 0.717) is 12.8 Å². The summed E-state index contributed by atoms with van der Waals surface area (Å²) in [7, 11) is 0. The van der Waals surface area contributed by atoms with Crippen molar-refractivity contribution in [3.63, 3.8) is 0 Å². The summed E-state index contributed by atoms with van der Waals surface area (Å²) < 4.78 is 33.7. The molecule has 2 fully saturated rings. The van der Waals surface area contributed by atoms with Crippen LogP contribution in [0.4, 0.5) is 0 Å². The number of aliphatic hydroxyl groups excluding tert-OH is 7. The number of esters is 2. The minimum atomic E-state index is -1.77. The van der Waals surface area contributed by atoms with E-state index in [0.717, 1.165) is 64.2 Å². The third-order valence-electron chi connectivity index (χ3n) is 14.1. The second kappa shape index (κ2) is 46.4. The SMILES string of the molecule is CCCCC/C=C/C/C=C/C/C=C/C/C=C/CCCCCC(=O)O[C@@H](COC(=O)CCCCCCCCCCCCCCCCCCCCCC)CO[C@@H]1O[C@H](CO[C@@H]2O[C@H](CO)[C@H](O)C(O)C2O)[C@H](O)C(O)C1O. The van der Waals surface area contributed by atoms with Gasteiger partial charge < -0.3 is 64.2 Å². The number of hydrogen-bond acceptors (Lipinski definition) is 15. The highest BCUT2D eigenvalue weighted by molar-refractivity contribution is 5.70. The van der Waals surface area contributed by atoms with Gasteiger partial charge in [0.25, 0.3) is 0 Å². The second-order valence-corrected chi connectivity index (χ2v) is 20.8. The van der Waals surface area contributed by atoms with E-state index >= 15 is 0 Å². The summed E-state index contributed by atoms with van der Waals surface area (Å²) >= 11 is 0. The number of rotatable bonds is 47. The molecular weight excluding hydrogens is 961 g/mol. The highest BCUT2D eigenvalue weighted by Gasteiger charge is 2.47. The third-order valence-corrected chi connectivity index (χ3v) is 14.1. The van der Waals surface area contributed by atoms with Crippen molar-refractivity contribution in [1.29, 1.82) is 0 Å². The van der Waals surface area contributed by atoms with E-state index < -0.39 is 99.3 Å². The quantitative estimate of drug-likeness (QED) is 0.0171. The van der Waals surface area contributed by atoms with E-state index in [1.54, 1.807) is 0 Å². The van der Waals surface area contributed by atoms with Gasteiger partial charge >= 0.3 is 11.9 Å². The number of hydrogen-bond donors (Lipinski definition) is 7. The minimum absolute atomic E-state index is 0.128. The zero-order chi connectivity index (χ0) is 54.6. The Kier molecular flexibility index (Phi) is 42.4. The van der Waals surface area contributed by atoms with Gasteiger partial charge in [0.1, 0.15) is 55.4 Å². The Morgan fingerprint density at radius 1 is 0.427 bits per heavy atom. The molecule has 0 saturated carbocycles. The highest BCUT2D eigenvalue weighted by Crippen LogP contribution is 2.27. The largest absolute Gasteiger partial charge is 0.462 e. The topological polar surface area (TPSA) is 231 Å². The Balaban J connectivity index is 1.76. The number of carbonyl (C=O) groups is 2. The monoisotopic (exact) mass is 1070 g/mol. The molecule has 2 aliphatic rings. The minimum Gasteiger partial charge on any atom is -0.462 e. The van der Waals surface area contributed by atoms with Crippen LogP contribution >= 0.6 is 0 Å². The van der Waals surface area contributed by atoms with Crippen LogP contribution in [0.5, 0.6) is 0 Å². The molecule has 436 valence electrons. The molecule has 0 bridgehead atoms. The molecule has 4 unspecified atom stereocenters. The Morgan fingerprint density at radius 2 is 0.800 bits per heavy atom. The summed E-state index contributed by atoms with van der Waals surface area (Å²) in [5, 5.41) is 72.3. The van der Waals surface area contributed by atoms with Crippen LogP contribution in [0.25, 0.3) is 0 Å². The van der Waals surface area contributed by atoms with Gasteiger partial charge in [-0.05, 0) is 57.8 Å². The molecule has 2 saturated heterocycles. The molecule has 7 N–H and O–H groups in total. The summed E-state index contributed by atoms with van der Waals surface area (Å²) in [6.45, 7) is 2.56. The average Bonchev–Trinajstić information content (AvgIpc) is 3.40. The van der Waals surface area contributed by atoms with Gasteiger partial charge in [0.15, 0.2) is 18.7 Å². The normalized spacial score (nSPS) is 24.8. The van der Waals surface area contributed by atoms with E-state index in [-0.39, 0.29) is 19.4 Å². The molecule has 2 aliphatic heterocycles. The number of aliphatic hydroxyl groups is 7. The molecule has 0 aliphatic carbocycles. The van der Waals surface area contributed by atoms with Crippen molar-refractivity contribution < 1.29 is 73.8 Å². The lowest BCUT2D eigenvalue weighted by molar-refractivity contribution is -0.332. The van der Waals surface area contributed by atoms with Crippen molar-refractivity contribution in [2.45, 2.75) is 293 Å². The van der Waals surface area contributed by atoms with Crippen molar-refractivity contribution >= 4 is 11.9 Å². The van der Waals surface area contributed by atoms with E-state index in [1.807, 2.05) is 0 Å². The Morgan fingerprint density at radius 3 is 1.28 bits per heavy atom. The highest BCUT2D eigenvalue weighted by atomic mass is 16.7. The fraction of sp³-hybridized carbons (Fsp3) is 0.833. The van der Waals surface area contributed by atoms with Crippen LogP contribution in [0.2, 0.25) is 0 Å². The maximum absolute atomic E-state index is 13.1. The fourth-order valence-electron chi connectivity index (χ4n) is 9.20. The van der Waals surface area contributed by atoms with E-state index in [1.165, 1.54) is 122 Å². The predicted octanol–water partition coefficient (Wildman–Crippen LogP) is 10.2. The molecule has 0 aromatic carbocycles. The van der Waals surface area contributed by atoms with Crippen LogP contribution in [0.3, 0.4) is 0 Å². The second-order valence-electron chi connectivity index (χ2n) is 20.8. The summed E-state index contributed by atoms with van der Waals surface area (Å²) in [5.41, 5.74) is 0. The Bertz CT molecular complexity index is 1490. The number of ether oxygens (including phenoxy) is 6. The molecule has 15 nitrogen and oxygen atoms in total. The average molecular weight is 1070 g/mol. The lowest BCUT2D eigenvalue weighted by atomic mass is 9.98. The number of carbonyl (C=O) groups excluding carboxylic acids is 2. The van der Waals surface area contributed by atoms with Gasteiger partial charge in [-0.15, -0.1) is 0 Å². The lowest BCUT2D eigenvalue weighted by Crippen LogP contribution is -2.61. The smallest absolute Gasteiger partial charge is 0.306 e. The van der Waals surface area contributed by atoms with Gasteiger partial charge in [0, 0.05) is 12.8 Å². The standard InChI is InChI=1S/C60H106O15/c1-3-5-7-9-11-13-15-17-19-21-23-25-26-28-30-32-34-36-38-40-42-51(62)70-45-48(73-52(63)43-41-39-37-35-33-31-29-27-24-22-20-18-16-14-12-10-8-6-4-2)46-71-59-58(69)56(67)54(65)50(75-59)47-72-60-57(68)55(66)53(64)49(44-61)74-60/h12,14,18,20,24,27,31,33,48-50,53-61,64-69H,3-11,13,15-17,19,21-23,25-26,28-30,32,34-47H2,1-2H3/b14-12+,20-18+,27-24+,33-31+/t48-,49+,50+,53-,54-,55?,56?,57?,58?,59+,60+/m0/s1. The molecule has 11 atom stereocenters. The first-order valence-corrected chi connectivity index (χ1v) is 29.7. The summed E-state index contributed by atoms with van der Waals surface area (Å²) in [6.07, 6.45) is 37.0. The first kappa shape index (κ1) is 68.6. The predicted molar refractivity (Wildman–Crippen MR) is 293 cm³/mol. The lowest BCUT2D eigenvalue weighted by Gasteiger charge is -2.42. The van der Waals surface area contributed by atoms with Crippen molar-refractivity contribution in [3.05, 3.63) is 48.6 Å². The molecule has 0 radical (unpaired) electrons. The van der Waals surface area contributed by atoms with Crippen molar-refractivity contribution in [2.75, 3.05) is 26.4 Å². The Labute approximate surface area is 452 Å². The van der Waals surface area contributed by atoms with Gasteiger partial charge in [0.2, 0.25) is 0 Å². The van der Waals surface area contributed by atoms with Crippen LogP contribution in [-0.4, -0.2) is 142 Å². The fourth-order valence-corrected chi connectivity index (χ4v) is 9.20. The maximum Gasteiger partial charge on any atom is 0.306 e. The van der Waals surface area contributed by atoms with Crippen molar-refractivity contribution in [1.82, 2.24) is 0 Å². The van der Waals surface area contributed by atoms with Crippen molar-refractivity contribution in [2.24, 2.45) is 0 Å². The van der Waals surface area contributed by atoms with Gasteiger partial charge in [-0.25, -0.2) is 0 Å². The first-order valence-electron chi connectivity index (χ1n) is 29.7. The zero-order valence-electron chi connectivity index (χ0n) is 46.5. The van der Waals surface area contributed by atoms with Crippen LogP contribution in [0.1, 0.15) is 226 Å².